The smallest absolute Gasteiger partial charge is 0.255 e. The van der Waals surface area contributed by atoms with Crippen LogP contribution >= 0.6 is 0 Å². The molecule has 0 atom stereocenters. The highest BCUT2D eigenvalue weighted by Gasteiger charge is 2.12. The van der Waals surface area contributed by atoms with Gasteiger partial charge < -0.3 is 9.88 Å². The van der Waals surface area contributed by atoms with Crippen LogP contribution in [0.2, 0.25) is 0 Å². The summed E-state index contributed by atoms with van der Waals surface area (Å²) in [6, 6.07) is 12.9. The van der Waals surface area contributed by atoms with Gasteiger partial charge in [-0.25, -0.2) is 15.0 Å². The van der Waals surface area contributed by atoms with E-state index in [1.165, 1.54) is 0 Å². The summed E-state index contributed by atoms with van der Waals surface area (Å²) in [7, 11) is 0. The second kappa shape index (κ2) is 6.40. The van der Waals surface area contributed by atoms with Gasteiger partial charge >= 0.3 is 0 Å². The molecular weight excluding hydrogens is 326 g/mol. The van der Waals surface area contributed by atoms with Crippen molar-refractivity contribution in [1.29, 1.82) is 0 Å². The Hall–Kier alpha value is -3.54. The number of rotatable bonds is 3. The van der Waals surface area contributed by atoms with E-state index >= 15 is 0 Å². The number of aromatic nitrogens is 4. The highest BCUT2D eigenvalue weighted by molar-refractivity contribution is 6.06. The molecule has 2 aromatic heterocycles. The predicted octanol–water partition coefficient (Wildman–Crippen LogP) is 3.68. The molecule has 6 nitrogen and oxygen atoms in total. The van der Waals surface area contributed by atoms with E-state index in [-0.39, 0.29) is 5.91 Å². The third kappa shape index (κ3) is 2.93. The van der Waals surface area contributed by atoms with Crippen LogP contribution in [0.15, 0.2) is 61.2 Å². The number of hydrogen-bond acceptors (Lipinski definition) is 4. The number of aryl methyl sites for hydroxylation is 2. The minimum atomic E-state index is -0.195. The molecule has 1 N–H and O–H groups in total. The van der Waals surface area contributed by atoms with Crippen molar-refractivity contribution in [1.82, 2.24) is 19.5 Å². The quantitative estimate of drug-likeness (QED) is 0.616. The molecule has 2 heterocycles. The van der Waals surface area contributed by atoms with Crippen molar-refractivity contribution < 1.29 is 4.79 Å². The summed E-state index contributed by atoms with van der Waals surface area (Å²) in [6.07, 6.45) is 5.23. The van der Waals surface area contributed by atoms with Gasteiger partial charge in [-0.1, -0.05) is 12.1 Å². The number of carbonyl (C=O) groups is 1. The summed E-state index contributed by atoms with van der Waals surface area (Å²) in [5, 5.41) is 2.97. The molecule has 26 heavy (non-hydrogen) atoms. The van der Waals surface area contributed by atoms with E-state index in [9.17, 15) is 4.79 Å². The monoisotopic (exact) mass is 343 g/mol. The van der Waals surface area contributed by atoms with Gasteiger partial charge in [0.2, 0.25) is 0 Å². The fourth-order valence-electron chi connectivity index (χ4n) is 2.77. The molecule has 4 rings (SSSR count). The van der Waals surface area contributed by atoms with Gasteiger partial charge in [-0.2, -0.15) is 0 Å². The summed E-state index contributed by atoms with van der Waals surface area (Å²) in [4.78, 5) is 25.8. The molecule has 2 aromatic carbocycles. The van der Waals surface area contributed by atoms with Crippen LogP contribution in [-0.4, -0.2) is 25.4 Å². The minimum Gasteiger partial charge on any atom is -0.320 e. The van der Waals surface area contributed by atoms with Gasteiger partial charge in [0, 0.05) is 18.0 Å². The van der Waals surface area contributed by atoms with Gasteiger partial charge in [-0.3, -0.25) is 4.79 Å². The third-order valence-corrected chi connectivity index (χ3v) is 4.27. The van der Waals surface area contributed by atoms with E-state index in [0.29, 0.717) is 16.8 Å². The molecule has 0 fully saturated rings. The van der Waals surface area contributed by atoms with Gasteiger partial charge in [-0.05, 0) is 44.2 Å². The summed E-state index contributed by atoms with van der Waals surface area (Å²) >= 11 is 0. The molecule has 0 spiro atoms. The molecule has 4 aromatic rings. The second-order valence-electron chi connectivity index (χ2n) is 6.04. The topological polar surface area (TPSA) is 72.7 Å². The number of fused-ring (bicyclic) bond motifs is 1. The molecular formula is C20H17N5O. The van der Waals surface area contributed by atoms with Gasteiger partial charge in [0.05, 0.1) is 40.1 Å². The van der Waals surface area contributed by atoms with Crippen LogP contribution in [0.25, 0.3) is 16.7 Å². The summed E-state index contributed by atoms with van der Waals surface area (Å²) in [5.41, 5.74) is 5.35. The fraction of sp³-hybridized carbons (Fsp3) is 0.100. The van der Waals surface area contributed by atoms with Crippen LogP contribution in [0, 0.1) is 13.8 Å². The zero-order chi connectivity index (χ0) is 18.1. The molecule has 0 saturated carbocycles. The van der Waals surface area contributed by atoms with Crippen LogP contribution < -0.4 is 5.32 Å². The first-order valence-electron chi connectivity index (χ1n) is 8.25. The third-order valence-electron chi connectivity index (χ3n) is 4.27. The molecule has 0 aliphatic rings. The van der Waals surface area contributed by atoms with E-state index in [2.05, 4.69) is 20.3 Å². The molecule has 1 amide bonds. The normalized spacial score (nSPS) is 10.8. The number of benzene rings is 2. The number of hydrogen-bond donors (Lipinski definition) is 1. The minimum absolute atomic E-state index is 0.195. The number of anilines is 1. The number of nitrogens with one attached hydrogen (secondary N) is 1. The van der Waals surface area contributed by atoms with Crippen molar-refractivity contribution in [3.63, 3.8) is 0 Å². The zero-order valence-electron chi connectivity index (χ0n) is 14.5. The van der Waals surface area contributed by atoms with Crippen molar-refractivity contribution in [2.45, 2.75) is 13.8 Å². The Labute approximate surface area is 150 Å². The lowest BCUT2D eigenvalue weighted by Crippen LogP contribution is -2.13. The highest BCUT2D eigenvalue weighted by atomic mass is 16.1. The first kappa shape index (κ1) is 16.0. The number of imidazole rings is 1. The van der Waals surface area contributed by atoms with Crippen LogP contribution in [0.4, 0.5) is 5.69 Å². The van der Waals surface area contributed by atoms with Crippen molar-refractivity contribution in [2.75, 3.05) is 5.32 Å². The molecule has 0 bridgehead atoms. The predicted molar refractivity (Wildman–Crippen MR) is 101 cm³/mol. The molecule has 0 saturated heterocycles. The van der Waals surface area contributed by atoms with Crippen LogP contribution in [0.5, 0.6) is 0 Å². The Morgan fingerprint density at radius 2 is 1.77 bits per heavy atom. The lowest BCUT2D eigenvalue weighted by Gasteiger charge is -2.12. The Kier molecular flexibility index (Phi) is 3.93. The van der Waals surface area contributed by atoms with E-state index in [1.807, 2.05) is 54.9 Å². The molecule has 0 aliphatic carbocycles. The Balaban J connectivity index is 1.67. The number of nitrogens with zero attached hydrogens (tertiary/aromatic N) is 4. The van der Waals surface area contributed by atoms with E-state index < -0.39 is 0 Å². The van der Waals surface area contributed by atoms with Crippen molar-refractivity contribution in [2.24, 2.45) is 0 Å². The lowest BCUT2D eigenvalue weighted by molar-refractivity contribution is 0.102. The van der Waals surface area contributed by atoms with Crippen LogP contribution in [0.1, 0.15) is 21.7 Å². The summed E-state index contributed by atoms with van der Waals surface area (Å²) < 4.78 is 1.85. The maximum Gasteiger partial charge on any atom is 0.255 e. The average Bonchev–Trinajstić information content (AvgIpc) is 3.17. The van der Waals surface area contributed by atoms with E-state index in [0.717, 1.165) is 22.6 Å². The Bertz CT molecular complexity index is 1100. The largest absolute Gasteiger partial charge is 0.320 e. The first-order chi connectivity index (χ1) is 12.6. The molecule has 6 heteroatoms. The van der Waals surface area contributed by atoms with E-state index in [4.69, 9.17) is 0 Å². The van der Waals surface area contributed by atoms with Crippen molar-refractivity contribution in [3.8, 4) is 5.69 Å². The lowest BCUT2D eigenvalue weighted by atomic mass is 10.1. The van der Waals surface area contributed by atoms with Crippen LogP contribution in [0.3, 0.4) is 0 Å². The second-order valence-corrected chi connectivity index (χ2v) is 6.04. The Morgan fingerprint density at radius 3 is 2.54 bits per heavy atom. The fourth-order valence-corrected chi connectivity index (χ4v) is 2.77. The molecule has 0 unspecified atom stereocenters. The first-order valence-corrected chi connectivity index (χ1v) is 8.25. The maximum absolute atomic E-state index is 12.7. The van der Waals surface area contributed by atoms with Gasteiger partial charge in [-0.15, -0.1) is 0 Å². The standard InChI is InChI=1S/C20H17N5O/c1-13-14(2)23-18-11-15(7-8-16(18)22-13)20(26)24-17-5-3-4-6-19(17)25-10-9-21-12-25/h3-12H,1-2H3,(H,24,26). The summed E-state index contributed by atoms with van der Waals surface area (Å²) in [5.74, 6) is -0.195. The average molecular weight is 343 g/mol. The van der Waals surface area contributed by atoms with Gasteiger partial charge in [0.1, 0.15) is 0 Å². The Morgan fingerprint density at radius 1 is 1.00 bits per heavy atom. The van der Waals surface area contributed by atoms with Crippen molar-refractivity contribution in [3.05, 3.63) is 78.1 Å². The highest BCUT2D eigenvalue weighted by Crippen LogP contribution is 2.21. The van der Waals surface area contributed by atoms with Crippen LogP contribution in [-0.2, 0) is 0 Å². The van der Waals surface area contributed by atoms with Gasteiger partial charge in [0.15, 0.2) is 0 Å². The zero-order valence-corrected chi connectivity index (χ0v) is 14.5. The van der Waals surface area contributed by atoms with E-state index in [1.54, 1.807) is 24.7 Å². The number of amides is 1. The summed E-state index contributed by atoms with van der Waals surface area (Å²) in [6.45, 7) is 3.84. The van der Waals surface area contributed by atoms with Crippen molar-refractivity contribution >= 4 is 22.6 Å². The van der Waals surface area contributed by atoms with Gasteiger partial charge in [0.25, 0.3) is 5.91 Å². The number of carbonyl (C=O) groups excluding carboxylic acids is 1. The molecule has 0 aliphatic heterocycles. The number of para-hydroxylation sites is 2. The molecule has 0 radical (unpaired) electrons. The maximum atomic E-state index is 12.7. The molecule has 128 valence electrons. The SMILES string of the molecule is Cc1nc2ccc(C(=O)Nc3ccccc3-n3ccnc3)cc2nc1C.